The fraction of sp³-hybridized carbons (Fsp3) is 0.556. The SMILES string of the molecule is CCOC(=O)CN(CCOC)S(=O)(=O)c1ccc2c(c1)CC(C)N2C(C)=O. The normalized spacial score (nSPS) is 16.5. The van der Waals surface area contributed by atoms with Gasteiger partial charge in [-0.25, -0.2) is 8.42 Å². The average molecular weight is 398 g/mol. The van der Waals surface area contributed by atoms with E-state index in [9.17, 15) is 18.0 Å². The Kier molecular flexibility index (Phi) is 6.96. The van der Waals surface area contributed by atoms with Gasteiger partial charge in [-0.1, -0.05) is 0 Å². The van der Waals surface area contributed by atoms with Crippen LogP contribution in [-0.4, -0.2) is 64.1 Å². The number of amides is 1. The number of hydrogen-bond acceptors (Lipinski definition) is 6. The third kappa shape index (κ3) is 4.66. The van der Waals surface area contributed by atoms with Crippen LogP contribution in [0.4, 0.5) is 5.69 Å². The molecular formula is C18H26N2O6S. The van der Waals surface area contributed by atoms with E-state index in [0.717, 1.165) is 15.6 Å². The molecule has 0 saturated heterocycles. The Morgan fingerprint density at radius 1 is 1.33 bits per heavy atom. The van der Waals surface area contributed by atoms with Gasteiger partial charge in [0.25, 0.3) is 0 Å². The summed E-state index contributed by atoms with van der Waals surface area (Å²) in [4.78, 5) is 25.4. The van der Waals surface area contributed by atoms with Crippen molar-refractivity contribution in [3.63, 3.8) is 0 Å². The number of esters is 1. The monoisotopic (exact) mass is 398 g/mol. The van der Waals surface area contributed by atoms with Gasteiger partial charge in [0.1, 0.15) is 6.54 Å². The second kappa shape index (κ2) is 8.81. The smallest absolute Gasteiger partial charge is 0.321 e. The van der Waals surface area contributed by atoms with Crippen molar-refractivity contribution in [1.29, 1.82) is 0 Å². The summed E-state index contributed by atoms with van der Waals surface area (Å²) >= 11 is 0. The number of rotatable bonds is 8. The topological polar surface area (TPSA) is 93.2 Å². The molecule has 0 radical (unpaired) electrons. The fourth-order valence-corrected chi connectivity index (χ4v) is 4.64. The van der Waals surface area contributed by atoms with Crippen molar-refractivity contribution >= 4 is 27.6 Å². The van der Waals surface area contributed by atoms with E-state index < -0.39 is 16.0 Å². The highest BCUT2D eigenvalue weighted by atomic mass is 32.2. The van der Waals surface area contributed by atoms with Crippen molar-refractivity contribution in [3.05, 3.63) is 23.8 Å². The first-order valence-corrected chi connectivity index (χ1v) is 10.2. The number of methoxy groups -OCH3 is 1. The first-order chi connectivity index (χ1) is 12.7. The molecule has 150 valence electrons. The number of carbonyl (C=O) groups excluding carboxylic acids is 2. The quantitative estimate of drug-likeness (QED) is 0.611. The summed E-state index contributed by atoms with van der Waals surface area (Å²) in [6, 6.07) is 4.66. The van der Waals surface area contributed by atoms with Crippen LogP contribution < -0.4 is 4.90 Å². The summed E-state index contributed by atoms with van der Waals surface area (Å²) in [5.74, 6) is -0.699. The number of anilines is 1. The van der Waals surface area contributed by atoms with Crippen LogP contribution in [0.2, 0.25) is 0 Å². The minimum Gasteiger partial charge on any atom is -0.465 e. The van der Waals surface area contributed by atoms with Crippen LogP contribution in [-0.2, 0) is 35.5 Å². The molecule has 1 heterocycles. The van der Waals surface area contributed by atoms with Gasteiger partial charge in [0.2, 0.25) is 15.9 Å². The van der Waals surface area contributed by atoms with E-state index >= 15 is 0 Å². The average Bonchev–Trinajstić information content (AvgIpc) is 2.93. The Bertz CT molecular complexity index is 808. The van der Waals surface area contributed by atoms with Gasteiger partial charge in [-0.05, 0) is 44.0 Å². The molecule has 1 aliphatic rings. The zero-order valence-electron chi connectivity index (χ0n) is 16.1. The number of fused-ring (bicyclic) bond motifs is 1. The molecule has 0 fully saturated rings. The standard InChI is InChI=1S/C18H26N2O6S/c1-5-26-18(22)12-19(8-9-25-4)27(23,24)16-6-7-17-15(11-16)10-13(2)20(17)14(3)21/h6-7,11,13H,5,8-10,12H2,1-4H3. The lowest BCUT2D eigenvalue weighted by molar-refractivity contribution is -0.143. The van der Waals surface area contributed by atoms with Crippen molar-refractivity contribution in [2.24, 2.45) is 0 Å². The van der Waals surface area contributed by atoms with Gasteiger partial charge in [-0.15, -0.1) is 0 Å². The Morgan fingerprint density at radius 3 is 2.63 bits per heavy atom. The molecule has 27 heavy (non-hydrogen) atoms. The number of sulfonamides is 1. The molecule has 1 unspecified atom stereocenters. The number of ether oxygens (including phenoxy) is 2. The molecule has 1 aliphatic heterocycles. The summed E-state index contributed by atoms with van der Waals surface area (Å²) in [7, 11) is -2.45. The predicted molar refractivity (Wildman–Crippen MR) is 100 cm³/mol. The highest BCUT2D eigenvalue weighted by Crippen LogP contribution is 2.34. The van der Waals surface area contributed by atoms with Crippen LogP contribution in [0.15, 0.2) is 23.1 Å². The lowest BCUT2D eigenvalue weighted by atomic mass is 10.1. The van der Waals surface area contributed by atoms with Gasteiger partial charge in [-0.2, -0.15) is 4.31 Å². The lowest BCUT2D eigenvalue weighted by Gasteiger charge is -2.22. The second-order valence-electron chi connectivity index (χ2n) is 6.37. The highest BCUT2D eigenvalue weighted by Gasteiger charge is 2.32. The van der Waals surface area contributed by atoms with E-state index in [2.05, 4.69) is 0 Å². The van der Waals surface area contributed by atoms with Crippen LogP contribution in [0.25, 0.3) is 0 Å². The van der Waals surface area contributed by atoms with E-state index in [4.69, 9.17) is 9.47 Å². The second-order valence-corrected chi connectivity index (χ2v) is 8.31. The number of nitrogens with zero attached hydrogens (tertiary/aromatic N) is 2. The van der Waals surface area contributed by atoms with E-state index in [1.165, 1.54) is 20.1 Å². The van der Waals surface area contributed by atoms with Crippen LogP contribution in [0.3, 0.4) is 0 Å². The zero-order chi connectivity index (χ0) is 20.2. The van der Waals surface area contributed by atoms with Crippen LogP contribution >= 0.6 is 0 Å². The molecule has 0 aliphatic carbocycles. The van der Waals surface area contributed by atoms with Crippen LogP contribution in [0.1, 0.15) is 26.3 Å². The van der Waals surface area contributed by atoms with Gasteiger partial charge in [0.05, 0.1) is 18.1 Å². The molecule has 1 atom stereocenters. The Labute approximate surface area is 160 Å². The predicted octanol–water partition coefficient (Wildman–Crippen LogP) is 1.18. The van der Waals surface area contributed by atoms with Gasteiger partial charge in [0, 0.05) is 32.3 Å². The first-order valence-electron chi connectivity index (χ1n) is 8.79. The van der Waals surface area contributed by atoms with Crippen molar-refractivity contribution in [3.8, 4) is 0 Å². The highest BCUT2D eigenvalue weighted by molar-refractivity contribution is 7.89. The summed E-state index contributed by atoms with van der Waals surface area (Å²) in [6.45, 7) is 5.04. The summed E-state index contributed by atoms with van der Waals surface area (Å²) < 4.78 is 37.0. The van der Waals surface area contributed by atoms with Gasteiger partial charge in [-0.3, -0.25) is 9.59 Å². The fourth-order valence-electron chi connectivity index (χ4n) is 3.22. The Balaban J connectivity index is 2.34. The van der Waals surface area contributed by atoms with Crippen LogP contribution in [0.5, 0.6) is 0 Å². The van der Waals surface area contributed by atoms with E-state index in [1.807, 2.05) is 6.92 Å². The zero-order valence-corrected chi connectivity index (χ0v) is 16.9. The van der Waals surface area contributed by atoms with Gasteiger partial charge < -0.3 is 14.4 Å². The molecule has 0 saturated carbocycles. The van der Waals surface area contributed by atoms with Crippen LogP contribution in [0, 0.1) is 0 Å². The molecule has 9 heteroatoms. The molecule has 0 spiro atoms. The molecule has 1 aromatic carbocycles. The molecule has 0 aromatic heterocycles. The molecule has 1 amide bonds. The Hall–Kier alpha value is -1.97. The van der Waals surface area contributed by atoms with Crippen molar-refractivity contribution in [2.75, 3.05) is 38.3 Å². The maximum atomic E-state index is 13.1. The molecular weight excluding hydrogens is 372 g/mol. The Morgan fingerprint density at radius 2 is 2.04 bits per heavy atom. The maximum absolute atomic E-state index is 13.1. The maximum Gasteiger partial charge on any atom is 0.321 e. The van der Waals surface area contributed by atoms with Crippen molar-refractivity contribution in [2.45, 2.75) is 38.1 Å². The summed E-state index contributed by atoms with van der Waals surface area (Å²) in [5, 5.41) is 0. The molecule has 0 bridgehead atoms. The lowest BCUT2D eigenvalue weighted by Crippen LogP contribution is -2.38. The minimum absolute atomic E-state index is 0.0282. The summed E-state index contributed by atoms with van der Waals surface area (Å²) in [5.41, 5.74) is 1.52. The van der Waals surface area contributed by atoms with Gasteiger partial charge in [0.15, 0.2) is 0 Å². The largest absolute Gasteiger partial charge is 0.465 e. The number of benzene rings is 1. The van der Waals surface area contributed by atoms with E-state index in [-0.39, 0.29) is 43.1 Å². The van der Waals surface area contributed by atoms with Crippen molar-refractivity contribution < 1.29 is 27.5 Å². The first kappa shape index (κ1) is 21.3. The molecule has 0 N–H and O–H groups in total. The summed E-state index contributed by atoms with van der Waals surface area (Å²) in [6.07, 6.45) is 0.578. The van der Waals surface area contributed by atoms with E-state index in [1.54, 1.807) is 24.0 Å². The number of hydrogen-bond donors (Lipinski definition) is 0. The molecule has 2 rings (SSSR count). The third-order valence-corrected chi connectivity index (χ3v) is 6.24. The molecule has 8 nitrogen and oxygen atoms in total. The molecule has 1 aromatic rings. The minimum atomic E-state index is -3.91. The van der Waals surface area contributed by atoms with Crippen molar-refractivity contribution in [1.82, 2.24) is 4.31 Å². The number of carbonyl (C=O) groups is 2. The third-order valence-electron chi connectivity index (χ3n) is 4.40. The van der Waals surface area contributed by atoms with E-state index in [0.29, 0.717) is 6.42 Å². The van der Waals surface area contributed by atoms with Gasteiger partial charge >= 0.3 is 5.97 Å².